The SMILES string of the molecule is CCN(CC)[C@@H](CCC(=O)OCC[Si](C)(C)C)C(C)=O. The van der Waals surface area contributed by atoms with Crippen LogP contribution in [-0.4, -0.2) is 50.5 Å². The molecule has 0 radical (unpaired) electrons. The third-order valence-electron chi connectivity index (χ3n) is 3.46. The van der Waals surface area contributed by atoms with Gasteiger partial charge in [-0.05, 0) is 32.5 Å². The van der Waals surface area contributed by atoms with Gasteiger partial charge in [0.05, 0.1) is 12.6 Å². The Balaban J connectivity index is 4.15. The zero-order valence-electron chi connectivity index (χ0n) is 14.0. The summed E-state index contributed by atoms with van der Waals surface area (Å²) in [6.45, 7) is 14.6. The Morgan fingerprint density at radius 2 is 1.70 bits per heavy atom. The number of rotatable bonds is 10. The molecule has 4 nitrogen and oxygen atoms in total. The van der Waals surface area contributed by atoms with Gasteiger partial charge in [0.1, 0.15) is 5.78 Å². The molecule has 0 N–H and O–H groups in total. The number of hydrogen-bond donors (Lipinski definition) is 0. The molecule has 0 aromatic carbocycles. The van der Waals surface area contributed by atoms with Crippen LogP contribution in [0.15, 0.2) is 0 Å². The van der Waals surface area contributed by atoms with Crippen molar-refractivity contribution in [2.75, 3.05) is 19.7 Å². The summed E-state index contributed by atoms with van der Waals surface area (Å²) in [7, 11) is -1.16. The summed E-state index contributed by atoms with van der Waals surface area (Å²) in [5.41, 5.74) is 0. The van der Waals surface area contributed by atoms with Crippen LogP contribution in [0.5, 0.6) is 0 Å². The summed E-state index contributed by atoms with van der Waals surface area (Å²) < 4.78 is 5.26. The Hall–Kier alpha value is -0.683. The average molecular weight is 302 g/mol. The first-order valence-electron chi connectivity index (χ1n) is 7.61. The maximum absolute atomic E-state index is 11.7. The molecule has 20 heavy (non-hydrogen) atoms. The lowest BCUT2D eigenvalue weighted by Gasteiger charge is -2.27. The maximum atomic E-state index is 11.7. The number of nitrogens with zero attached hydrogens (tertiary/aromatic N) is 1. The highest BCUT2D eigenvalue weighted by molar-refractivity contribution is 6.76. The molecule has 0 aromatic rings. The number of esters is 1. The van der Waals surface area contributed by atoms with Crippen LogP contribution in [0, 0.1) is 0 Å². The molecule has 0 aliphatic carbocycles. The number of Topliss-reactive ketones (excluding diaryl/α,β-unsaturated/α-hetero) is 1. The third-order valence-corrected chi connectivity index (χ3v) is 5.16. The fourth-order valence-electron chi connectivity index (χ4n) is 2.11. The number of likely N-dealkylation sites (N-methyl/N-ethyl adjacent to an activating group) is 1. The fraction of sp³-hybridized carbons (Fsp3) is 0.867. The van der Waals surface area contributed by atoms with Gasteiger partial charge in [-0.3, -0.25) is 14.5 Å². The van der Waals surface area contributed by atoms with Crippen LogP contribution in [0.1, 0.15) is 33.6 Å². The molecule has 1 atom stereocenters. The van der Waals surface area contributed by atoms with E-state index in [0.717, 1.165) is 19.1 Å². The standard InChI is InChI=1S/C15H31NO3Si/c1-7-16(8-2)14(13(3)17)9-10-15(18)19-11-12-20(4,5)6/h14H,7-12H2,1-6H3/t14-/m0/s1. The van der Waals surface area contributed by atoms with E-state index in [1.54, 1.807) is 6.92 Å². The van der Waals surface area contributed by atoms with E-state index in [9.17, 15) is 9.59 Å². The fourth-order valence-corrected chi connectivity index (χ4v) is 2.82. The first-order valence-corrected chi connectivity index (χ1v) is 11.3. The number of ketones is 1. The van der Waals surface area contributed by atoms with Gasteiger partial charge in [-0.1, -0.05) is 33.5 Å². The molecule has 0 amide bonds. The van der Waals surface area contributed by atoms with E-state index >= 15 is 0 Å². The van der Waals surface area contributed by atoms with Crippen molar-refractivity contribution in [2.45, 2.75) is 65.3 Å². The molecule has 0 saturated heterocycles. The average Bonchev–Trinajstić information content (AvgIpc) is 2.32. The topological polar surface area (TPSA) is 46.6 Å². The molecule has 0 unspecified atom stereocenters. The lowest BCUT2D eigenvalue weighted by molar-refractivity contribution is -0.143. The summed E-state index contributed by atoms with van der Waals surface area (Å²) in [5.74, 6) is -0.0507. The Labute approximate surface area is 124 Å². The third kappa shape index (κ3) is 8.48. The zero-order valence-corrected chi connectivity index (χ0v) is 15.0. The van der Waals surface area contributed by atoms with Crippen molar-refractivity contribution in [1.82, 2.24) is 4.90 Å². The second-order valence-corrected chi connectivity index (χ2v) is 12.0. The molecule has 0 aliphatic heterocycles. The summed E-state index contributed by atoms with van der Waals surface area (Å²) in [5, 5.41) is 0. The Kier molecular flexibility index (Phi) is 8.97. The van der Waals surface area contributed by atoms with Crippen LogP contribution < -0.4 is 0 Å². The quantitative estimate of drug-likeness (QED) is 0.460. The summed E-state index contributed by atoms with van der Waals surface area (Å²) in [4.78, 5) is 25.5. The predicted molar refractivity (Wildman–Crippen MR) is 85.7 cm³/mol. The molecule has 0 spiro atoms. The first kappa shape index (κ1) is 19.3. The first-order chi connectivity index (χ1) is 9.21. The molecule has 5 heteroatoms. The van der Waals surface area contributed by atoms with Crippen LogP contribution in [0.25, 0.3) is 0 Å². The molecule has 118 valence electrons. The molecule has 0 aliphatic rings. The van der Waals surface area contributed by atoms with Crippen molar-refractivity contribution in [3.63, 3.8) is 0 Å². The second kappa shape index (κ2) is 9.29. The monoisotopic (exact) mass is 301 g/mol. The predicted octanol–water partition coefficient (Wildman–Crippen LogP) is 2.95. The van der Waals surface area contributed by atoms with Crippen LogP contribution in [0.4, 0.5) is 0 Å². The maximum Gasteiger partial charge on any atom is 0.305 e. The summed E-state index contributed by atoms with van der Waals surface area (Å²) in [6, 6.07) is 0.833. The van der Waals surface area contributed by atoms with Crippen molar-refractivity contribution >= 4 is 19.8 Å². The minimum Gasteiger partial charge on any atom is -0.466 e. The van der Waals surface area contributed by atoms with Gasteiger partial charge >= 0.3 is 5.97 Å². The Bertz CT molecular complexity index is 309. The molecule has 0 bridgehead atoms. The minimum atomic E-state index is -1.16. The highest BCUT2D eigenvalue weighted by atomic mass is 28.3. The number of carbonyl (C=O) groups is 2. The molecular weight excluding hydrogens is 270 g/mol. The largest absolute Gasteiger partial charge is 0.466 e. The minimum absolute atomic E-state index is 0.128. The van der Waals surface area contributed by atoms with E-state index < -0.39 is 8.07 Å². The Morgan fingerprint density at radius 1 is 1.15 bits per heavy atom. The number of carbonyl (C=O) groups excluding carboxylic acids is 2. The van der Waals surface area contributed by atoms with Gasteiger partial charge < -0.3 is 4.74 Å². The highest BCUT2D eigenvalue weighted by Crippen LogP contribution is 2.11. The van der Waals surface area contributed by atoms with Gasteiger partial charge in [0.25, 0.3) is 0 Å². The summed E-state index contributed by atoms with van der Waals surface area (Å²) in [6.07, 6.45) is 0.884. The summed E-state index contributed by atoms with van der Waals surface area (Å²) >= 11 is 0. The van der Waals surface area contributed by atoms with E-state index in [2.05, 4.69) is 24.5 Å². The second-order valence-electron chi connectivity index (χ2n) is 6.42. The van der Waals surface area contributed by atoms with Crippen LogP contribution >= 0.6 is 0 Å². The molecule has 0 saturated carbocycles. The van der Waals surface area contributed by atoms with Crippen LogP contribution in [0.2, 0.25) is 25.7 Å². The highest BCUT2D eigenvalue weighted by Gasteiger charge is 2.22. The van der Waals surface area contributed by atoms with Crippen molar-refractivity contribution in [3.05, 3.63) is 0 Å². The van der Waals surface area contributed by atoms with Gasteiger partial charge in [-0.25, -0.2) is 0 Å². The lowest BCUT2D eigenvalue weighted by Crippen LogP contribution is -2.40. The van der Waals surface area contributed by atoms with Crippen molar-refractivity contribution in [3.8, 4) is 0 Å². The van der Waals surface area contributed by atoms with E-state index in [4.69, 9.17) is 4.74 Å². The lowest BCUT2D eigenvalue weighted by atomic mass is 10.1. The van der Waals surface area contributed by atoms with Crippen molar-refractivity contribution in [2.24, 2.45) is 0 Å². The molecule has 0 aromatic heterocycles. The smallest absolute Gasteiger partial charge is 0.305 e. The van der Waals surface area contributed by atoms with Crippen LogP contribution in [0.3, 0.4) is 0 Å². The van der Waals surface area contributed by atoms with E-state index in [1.807, 2.05) is 13.8 Å². The van der Waals surface area contributed by atoms with Gasteiger partial charge in [-0.2, -0.15) is 0 Å². The number of ether oxygens (including phenoxy) is 1. The van der Waals surface area contributed by atoms with Crippen LogP contribution in [-0.2, 0) is 14.3 Å². The normalized spacial score (nSPS) is 13.3. The van der Waals surface area contributed by atoms with Gasteiger partial charge in [0, 0.05) is 14.5 Å². The molecule has 0 rings (SSSR count). The zero-order chi connectivity index (χ0) is 15.8. The molecular formula is C15H31NO3Si. The molecule has 0 heterocycles. The van der Waals surface area contributed by atoms with Gasteiger partial charge in [0.2, 0.25) is 0 Å². The van der Waals surface area contributed by atoms with E-state index in [0.29, 0.717) is 19.4 Å². The number of hydrogen-bond acceptors (Lipinski definition) is 4. The van der Waals surface area contributed by atoms with Gasteiger partial charge in [-0.15, -0.1) is 0 Å². The Morgan fingerprint density at radius 3 is 2.10 bits per heavy atom. The van der Waals surface area contributed by atoms with Crippen molar-refractivity contribution < 1.29 is 14.3 Å². The van der Waals surface area contributed by atoms with Crippen molar-refractivity contribution in [1.29, 1.82) is 0 Å². The van der Waals surface area contributed by atoms with E-state index in [-0.39, 0.29) is 17.8 Å². The molecule has 0 fully saturated rings. The van der Waals surface area contributed by atoms with E-state index in [1.165, 1.54) is 0 Å². The van der Waals surface area contributed by atoms with Gasteiger partial charge in [0.15, 0.2) is 0 Å².